The number of ether oxygens (including phenoxy) is 2. The Morgan fingerprint density at radius 1 is 1.50 bits per heavy atom. The van der Waals surface area contributed by atoms with E-state index in [1.165, 1.54) is 19.6 Å². The molecule has 2 rings (SSSR count). The summed E-state index contributed by atoms with van der Waals surface area (Å²) in [5.41, 5.74) is 0.912. The van der Waals surface area contributed by atoms with Crippen molar-refractivity contribution in [3.8, 4) is 5.75 Å². The Labute approximate surface area is 118 Å². The Hall–Kier alpha value is -1.66. The van der Waals surface area contributed by atoms with Gasteiger partial charge in [0, 0.05) is 25.8 Å². The molecule has 1 aliphatic rings. The average Bonchev–Trinajstić information content (AvgIpc) is 2.48. The molecule has 1 N–H and O–H groups in total. The van der Waals surface area contributed by atoms with Crippen molar-refractivity contribution < 1.29 is 14.4 Å². The number of nitro benzene ring substituents is 1. The van der Waals surface area contributed by atoms with Crippen molar-refractivity contribution in [2.24, 2.45) is 5.92 Å². The van der Waals surface area contributed by atoms with Crippen LogP contribution in [0.1, 0.15) is 18.4 Å². The summed E-state index contributed by atoms with van der Waals surface area (Å²) >= 11 is 0. The summed E-state index contributed by atoms with van der Waals surface area (Å²) in [4.78, 5) is 10.5. The fraction of sp³-hybridized carbons (Fsp3) is 0.571. The van der Waals surface area contributed by atoms with E-state index in [1.807, 2.05) is 6.07 Å². The lowest BCUT2D eigenvalue weighted by Gasteiger charge is -2.22. The van der Waals surface area contributed by atoms with E-state index in [0.29, 0.717) is 18.2 Å². The van der Waals surface area contributed by atoms with Gasteiger partial charge in [0.05, 0.1) is 24.7 Å². The minimum absolute atomic E-state index is 0.0575. The topological polar surface area (TPSA) is 73.6 Å². The molecule has 0 bridgehead atoms. The van der Waals surface area contributed by atoms with Gasteiger partial charge in [-0.15, -0.1) is 0 Å². The molecule has 6 heteroatoms. The van der Waals surface area contributed by atoms with E-state index < -0.39 is 4.92 Å². The van der Waals surface area contributed by atoms with Crippen molar-refractivity contribution in [1.82, 2.24) is 5.32 Å². The highest BCUT2D eigenvalue weighted by Gasteiger charge is 2.14. The summed E-state index contributed by atoms with van der Waals surface area (Å²) in [6.07, 6.45) is 2.28. The highest BCUT2D eigenvalue weighted by atomic mass is 16.6. The molecule has 20 heavy (non-hydrogen) atoms. The number of methoxy groups -OCH3 is 1. The van der Waals surface area contributed by atoms with E-state index >= 15 is 0 Å². The maximum Gasteiger partial charge on any atom is 0.273 e. The zero-order valence-electron chi connectivity index (χ0n) is 11.6. The van der Waals surface area contributed by atoms with Gasteiger partial charge in [-0.1, -0.05) is 0 Å². The third-order valence-corrected chi connectivity index (χ3v) is 3.41. The number of nitro groups is 1. The summed E-state index contributed by atoms with van der Waals surface area (Å²) in [6, 6.07) is 4.82. The second-order valence-electron chi connectivity index (χ2n) is 5.01. The molecule has 0 aromatic heterocycles. The van der Waals surface area contributed by atoms with Crippen molar-refractivity contribution in [2.75, 3.05) is 26.9 Å². The molecule has 0 amide bonds. The summed E-state index contributed by atoms with van der Waals surface area (Å²) < 4.78 is 10.5. The molecule has 6 nitrogen and oxygen atoms in total. The smallest absolute Gasteiger partial charge is 0.273 e. The Morgan fingerprint density at radius 2 is 2.35 bits per heavy atom. The Kier molecular flexibility index (Phi) is 5.31. The highest BCUT2D eigenvalue weighted by Crippen LogP contribution is 2.22. The van der Waals surface area contributed by atoms with Gasteiger partial charge in [-0.3, -0.25) is 10.1 Å². The first-order chi connectivity index (χ1) is 9.69. The minimum atomic E-state index is -0.402. The van der Waals surface area contributed by atoms with Gasteiger partial charge in [0.1, 0.15) is 5.75 Å². The van der Waals surface area contributed by atoms with E-state index in [-0.39, 0.29) is 5.69 Å². The lowest BCUT2D eigenvalue weighted by Crippen LogP contribution is -2.28. The van der Waals surface area contributed by atoms with Gasteiger partial charge in [0.15, 0.2) is 0 Å². The van der Waals surface area contributed by atoms with Crippen LogP contribution in [0.15, 0.2) is 18.2 Å². The molecule has 110 valence electrons. The second kappa shape index (κ2) is 7.21. The molecule has 1 aromatic carbocycles. The molecule has 0 saturated carbocycles. The number of nitrogens with one attached hydrogen (secondary N) is 1. The van der Waals surface area contributed by atoms with Gasteiger partial charge in [-0.2, -0.15) is 0 Å². The van der Waals surface area contributed by atoms with Crippen molar-refractivity contribution >= 4 is 5.69 Å². The largest absolute Gasteiger partial charge is 0.496 e. The lowest BCUT2D eigenvalue weighted by molar-refractivity contribution is -0.385. The molecule has 0 radical (unpaired) electrons. The normalized spacial score (nSPS) is 18.8. The van der Waals surface area contributed by atoms with Crippen molar-refractivity contribution in [3.63, 3.8) is 0 Å². The summed E-state index contributed by atoms with van der Waals surface area (Å²) in [5.74, 6) is 1.04. The van der Waals surface area contributed by atoms with E-state index in [1.54, 1.807) is 6.07 Å². The van der Waals surface area contributed by atoms with E-state index in [4.69, 9.17) is 9.47 Å². The SMILES string of the molecule is COc1cc(CNCC2CCCOC2)cc([N+](=O)[O-])c1. The number of non-ortho nitro benzene ring substituents is 1. The highest BCUT2D eigenvalue weighted by molar-refractivity contribution is 5.42. The van der Waals surface area contributed by atoms with Gasteiger partial charge < -0.3 is 14.8 Å². The van der Waals surface area contributed by atoms with Crippen molar-refractivity contribution in [3.05, 3.63) is 33.9 Å². The van der Waals surface area contributed by atoms with Crippen LogP contribution in [-0.2, 0) is 11.3 Å². The van der Waals surface area contributed by atoms with Crippen LogP contribution in [0.4, 0.5) is 5.69 Å². The maximum atomic E-state index is 10.9. The molecule has 1 atom stereocenters. The molecule has 1 saturated heterocycles. The first-order valence-electron chi connectivity index (χ1n) is 6.80. The summed E-state index contributed by atoms with van der Waals surface area (Å²) in [6.45, 7) is 3.11. The van der Waals surface area contributed by atoms with Crippen LogP contribution in [0.25, 0.3) is 0 Å². The first-order valence-corrected chi connectivity index (χ1v) is 6.80. The van der Waals surface area contributed by atoms with Gasteiger partial charge in [0.25, 0.3) is 5.69 Å². The molecule has 1 aliphatic heterocycles. The van der Waals surface area contributed by atoms with E-state index in [2.05, 4.69) is 5.32 Å². The molecule has 1 fully saturated rings. The first kappa shape index (κ1) is 14.7. The molecule has 1 heterocycles. The summed E-state index contributed by atoms with van der Waals surface area (Å²) in [7, 11) is 1.51. The summed E-state index contributed by atoms with van der Waals surface area (Å²) in [5, 5.41) is 14.2. The lowest BCUT2D eigenvalue weighted by atomic mass is 10.0. The van der Waals surface area contributed by atoms with Crippen LogP contribution < -0.4 is 10.1 Å². The minimum Gasteiger partial charge on any atom is -0.496 e. The zero-order valence-corrected chi connectivity index (χ0v) is 11.6. The molecule has 0 aliphatic carbocycles. The number of nitrogens with zero attached hydrogens (tertiary/aromatic N) is 1. The fourth-order valence-electron chi connectivity index (χ4n) is 2.36. The number of hydrogen-bond donors (Lipinski definition) is 1. The van der Waals surface area contributed by atoms with Gasteiger partial charge in [-0.25, -0.2) is 0 Å². The molecule has 0 spiro atoms. The quantitative estimate of drug-likeness (QED) is 0.638. The molecule has 1 unspecified atom stereocenters. The Balaban J connectivity index is 1.91. The average molecular weight is 280 g/mol. The third kappa shape index (κ3) is 4.18. The predicted octanol–water partition coefficient (Wildman–Crippen LogP) is 2.12. The predicted molar refractivity (Wildman–Crippen MR) is 74.9 cm³/mol. The van der Waals surface area contributed by atoms with Gasteiger partial charge >= 0.3 is 0 Å². The standard InChI is InChI=1S/C14H20N2O4/c1-19-14-6-12(5-13(7-14)16(17)18)9-15-8-11-3-2-4-20-10-11/h5-7,11,15H,2-4,8-10H2,1H3. The monoisotopic (exact) mass is 280 g/mol. The number of hydrogen-bond acceptors (Lipinski definition) is 5. The van der Waals surface area contributed by atoms with Crippen LogP contribution in [0.2, 0.25) is 0 Å². The number of benzene rings is 1. The van der Waals surface area contributed by atoms with E-state index in [0.717, 1.165) is 31.7 Å². The number of rotatable bonds is 6. The maximum absolute atomic E-state index is 10.9. The molecular weight excluding hydrogens is 260 g/mol. The van der Waals surface area contributed by atoms with Gasteiger partial charge in [0.2, 0.25) is 0 Å². The van der Waals surface area contributed by atoms with Crippen molar-refractivity contribution in [1.29, 1.82) is 0 Å². The fourth-order valence-corrected chi connectivity index (χ4v) is 2.36. The van der Waals surface area contributed by atoms with Gasteiger partial charge in [-0.05, 0) is 30.4 Å². The van der Waals surface area contributed by atoms with Crippen LogP contribution >= 0.6 is 0 Å². The van der Waals surface area contributed by atoms with Crippen LogP contribution in [-0.4, -0.2) is 31.8 Å². The third-order valence-electron chi connectivity index (χ3n) is 3.41. The van der Waals surface area contributed by atoms with Crippen molar-refractivity contribution in [2.45, 2.75) is 19.4 Å². The van der Waals surface area contributed by atoms with E-state index in [9.17, 15) is 10.1 Å². The second-order valence-corrected chi connectivity index (χ2v) is 5.01. The Bertz CT molecular complexity index is 458. The van der Waals surface area contributed by atoms with Crippen LogP contribution in [0.5, 0.6) is 5.75 Å². The molecular formula is C14H20N2O4. The van der Waals surface area contributed by atoms with Crippen LogP contribution in [0.3, 0.4) is 0 Å². The zero-order chi connectivity index (χ0) is 14.4. The Morgan fingerprint density at radius 3 is 3.00 bits per heavy atom. The molecule has 1 aromatic rings. The van der Waals surface area contributed by atoms with Crippen LogP contribution in [0, 0.1) is 16.0 Å².